The molecule has 1 heterocycles. The lowest BCUT2D eigenvalue weighted by molar-refractivity contribution is -0.117. The van der Waals surface area contributed by atoms with Gasteiger partial charge in [-0.15, -0.1) is 0 Å². The van der Waals surface area contributed by atoms with E-state index in [-0.39, 0.29) is 11.8 Å². The number of anilines is 1. The Bertz CT molecular complexity index is 715. The Morgan fingerprint density at radius 2 is 2.05 bits per heavy atom. The van der Waals surface area contributed by atoms with Crippen LogP contribution in [0, 0.1) is 11.8 Å². The number of nitrogens with zero attached hydrogens (tertiary/aromatic N) is 1. The number of amides is 1. The first-order valence-corrected chi connectivity index (χ1v) is 8.04. The lowest BCUT2D eigenvalue weighted by Gasteiger charge is -2.13. The van der Waals surface area contributed by atoms with Crippen LogP contribution in [0.1, 0.15) is 23.5 Å². The van der Waals surface area contributed by atoms with Crippen molar-refractivity contribution in [2.24, 2.45) is 11.8 Å². The number of benzene rings is 1. The van der Waals surface area contributed by atoms with Gasteiger partial charge in [-0.1, -0.05) is 30.3 Å². The standard InChI is InChI=1S/C17H15BrN2O/c18-13-6-3-7-14(19-13)20-17(21)16-12-9-8-10-4-1-2-5-11(10)15(12)16/h1-7,12,15-16H,8-9H2,(H,19,20,21). The summed E-state index contributed by atoms with van der Waals surface area (Å²) in [5, 5.41) is 2.95. The molecule has 1 N–H and O–H groups in total. The van der Waals surface area contributed by atoms with Gasteiger partial charge in [0, 0.05) is 5.92 Å². The lowest BCUT2D eigenvalue weighted by atomic mass is 9.92. The summed E-state index contributed by atoms with van der Waals surface area (Å²) in [4.78, 5) is 16.8. The summed E-state index contributed by atoms with van der Waals surface area (Å²) in [6.45, 7) is 0. The molecule has 0 aliphatic heterocycles. The number of fused-ring (bicyclic) bond motifs is 3. The molecule has 2 aliphatic rings. The molecule has 1 amide bonds. The van der Waals surface area contributed by atoms with Crippen molar-refractivity contribution < 1.29 is 4.79 Å². The Hall–Kier alpha value is -1.68. The number of aryl methyl sites for hydroxylation is 1. The fraction of sp³-hybridized carbons (Fsp3) is 0.294. The van der Waals surface area contributed by atoms with Crippen molar-refractivity contribution in [3.05, 3.63) is 58.2 Å². The minimum atomic E-state index is 0.104. The lowest BCUT2D eigenvalue weighted by Crippen LogP contribution is -2.16. The molecule has 3 unspecified atom stereocenters. The van der Waals surface area contributed by atoms with Crippen molar-refractivity contribution in [2.45, 2.75) is 18.8 Å². The number of aromatic nitrogens is 1. The Morgan fingerprint density at radius 1 is 1.19 bits per heavy atom. The maximum atomic E-state index is 12.5. The minimum Gasteiger partial charge on any atom is -0.310 e. The van der Waals surface area contributed by atoms with E-state index in [0.717, 1.165) is 17.4 Å². The highest BCUT2D eigenvalue weighted by Crippen LogP contribution is 2.60. The van der Waals surface area contributed by atoms with Crippen LogP contribution in [-0.4, -0.2) is 10.9 Å². The van der Waals surface area contributed by atoms with Crippen molar-refractivity contribution in [1.82, 2.24) is 4.98 Å². The third-order valence-electron chi connectivity index (χ3n) is 4.60. The van der Waals surface area contributed by atoms with Gasteiger partial charge < -0.3 is 5.32 Å². The monoisotopic (exact) mass is 342 g/mol. The molecule has 1 saturated carbocycles. The average molecular weight is 343 g/mol. The summed E-state index contributed by atoms with van der Waals surface area (Å²) < 4.78 is 0.735. The number of hydrogen-bond acceptors (Lipinski definition) is 2. The number of halogens is 1. The fourth-order valence-electron chi connectivity index (χ4n) is 3.61. The zero-order chi connectivity index (χ0) is 14.4. The van der Waals surface area contributed by atoms with Gasteiger partial charge in [-0.2, -0.15) is 0 Å². The van der Waals surface area contributed by atoms with Gasteiger partial charge in [0.05, 0.1) is 0 Å². The average Bonchev–Trinajstić information content (AvgIpc) is 3.22. The fourth-order valence-corrected chi connectivity index (χ4v) is 3.95. The highest BCUT2D eigenvalue weighted by Gasteiger charge is 2.56. The molecule has 0 bridgehead atoms. The third-order valence-corrected chi connectivity index (χ3v) is 5.04. The molecule has 0 spiro atoms. The maximum Gasteiger partial charge on any atom is 0.229 e. The van der Waals surface area contributed by atoms with Gasteiger partial charge in [0.2, 0.25) is 5.91 Å². The zero-order valence-corrected chi connectivity index (χ0v) is 13.0. The van der Waals surface area contributed by atoms with E-state index in [0.29, 0.717) is 17.7 Å². The largest absolute Gasteiger partial charge is 0.310 e. The van der Waals surface area contributed by atoms with Crippen LogP contribution in [0.4, 0.5) is 5.82 Å². The van der Waals surface area contributed by atoms with Crippen LogP contribution in [0.15, 0.2) is 47.1 Å². The van der Waals surface area contributed by atoms with E-state index in [4.69, 9.17) is 0 Å². The highest BCUT2D eigenvalue weighted by molar-refractivity contribution is 9.10. The molecule has 1 fully saturated rings. The number of rotatable bonds is 2. The highest BCUT2D eigenvalue weighted by atomic mass is 79.9. The van der Waals surface area contributed by atoms with E-state index in [1.54, 1.807) is 0 Å². The number of pyridine rings is 1. The van der Waals surface area contributed by atoms with Gasteiger partial charge in [0.1, 0.15) is 10.4 Å². The van der Waals surface area contributed by atoms with Gasteiger partial charge >= 0.3 is 0 Å². The van der Waals surface area contributed by atoms with Gasteiger partial charge in [-0.3, -0.25) is 4.79 Å². The first kappa shape index (κ1) is 13.0. The second-order valence-electron chi connectivity index (χ2n) is 5.79. The molecule has 2 aromatic rings. The van der Waals surface area contributed by atoms with Crippen molar-refractivity contribution >= 4 is 27.7 Å². The maximum absolute atomic E-state index is 12.5. The van der Waals surface area contributed by atoms with Crippen molar-refractivity contribution in [3.8, 4) is 0 Å². The van der Waals surface area contributed by atoms with Gasteiger partial charge in [-0.05, 0) is 63.9 Å². The third kappa shape index (κ3) is 2.27. The SMILES string of the molecule is O=C(Nc1cccc(Br)n1)C1C2CCc3ccccc3C21. The first-order valence-electron chi connectivity index (χ1n) is 7.25. The van der Waals surface area contributed by atoms with E-state index in [1.807, 2.05) is 18.2 Å². The van der Waals surface area contributed by atoms with Crippen molar-refractivity contribution in [2.75, 3.05) is 5.32 Å². The predicted octanol–water partition coefficient (Wildman–Crippen LogP) is 3.76. The van der Waals surface area contributed by atoms with Crippen LogP contribution in [0.3, 0.4) is 0 Å². The molecule has 4 heteroatoms. The van der Waals surface area contributed by atoms with E-state index < -0.39 is 0 Å². The van der Waals surface area contributed by atoms with Gasteiger partial charge in [-0.25, -0.2) is 4.98 Å². The van der Waals surface area contributed by atoms with E-state index in [9.17, 15) is 4.79 Å². The summed E-state index contributed by atoms with van der Waals surface area (Å²) in [5.74, 6) is 1.74. The molecular formula is C17H15BrN2O. The molecule has 106 valence electrons. The molecule has 4 rings (SSSR count). The molecule has 0 saturated heterocycles. The van der Waals surface area contributed by atoms with Crippen LogP contribution >= 0.6 is 15.9 Å². The molecule has 2 aliphatic carbocycles. The number of nitrogens with one attached hydrogen (secondary N) is 1. The normalized spacial score (nSPS) is 25.7. The summed E-state index contributed by atoms with van der Waals surface area (Å²) >= 11 is 3.32. The quantitative estimate of drug-likeness (QED) is 0.844. The first-order chi connectivity index (χ1) is 10.2. The van der Waals surface area contributed by atoms with E-state index in [1.165, 1.54) is 11.1 Å². The summed E-state index contributed by atoms with van der Waals surface area (Å²) in [6, 6.07) is 14.1. The number of carbonyl (C=O) groups excluding carboxylic acids is 1. The summed E-state index contributed by atoms with van der Waals surface area (Å²) in [5.41, 5.74) is 2.78. The molecule has 1 aromatic carbocycles. The van der Waals surface area contributed by atoms with Gasteiger partial charge in [0.15, 0.2) is 0 Å². The Morgan fingerprint density at radius 3 is 2.90 bits per heavy atom. The summed E-state index contributed by atoms with van der Waals surface area (Å²) in [6.07, 6.45) is 2.21. The van der Waals surface area contributed by atoms with Crippen molar-refractivity contribution in [1.29, 1.82) is 0 Å². The van der Waals surface area contributed by atoms with E-state index in [2.05, 4.69) is 50.5 Å². The topological polar surface area (TPSA) is 42.0 Å². The number of hydrogen-bond donors (Lipinski definition) is 1. The van der Waals surface area contributed by atoms with Gasteiger partial charge in [0.25, 0.3) is 0 Å². The number of carbonyl (C=O) groups is 1. The minimum absolute atomic E-state index is 0.104. The second kappa shape index (κ2) is 4.95. The van der Waals surface area contributed by atoms with E-state index >= 15 is 0 Å². The predicted molar refractivity (Wildman–Crippen MR) is 85.1 cm³/mol. The molecule has 3 nitrogen and oxygen atoms in total. The Labute approximate surface area is 131 Å². The Balaban J connectivity index is 1.53. The zero-order valence-electron chi connectivity index (χ0n) is 11.4. The summed E-state index contributed by atoms with van der Waals surface area (Å²) in [7, 11) is 0. The smallest absolute Gasteiger partial charge is 0.229 e. The van der Waals surface area contributed by atoms with Crippen LogP contribution in [0.5, 0.6) is 0 Å². The molecule has 0 radical (unpaired) electrons. The second-order valence-corrected chi connectivity index (χ2v) is 6.60. The van der Waals surface area contributed by atoms with Crippen LogP contribution in [0.25, 0.3) is 0 Å². The van der Waals surface area contributed by atoms with Crippen LogP contribution < -0.4 is 5.32 Å². The molecular weight excluding hydrogens is 328 g/mol. The Kier molecular flexibility index (Phi) is 3.07. The van der Waals surface area contributed by atoms with Crippen molar-refractivity contribution in [3.63, 3.8) is 0 Å². The van der Waals surface area contributed by atoms with Crippen LogP contribution in [-0.2, 0) is 11.2 Å². The molecule has 21 heavy (non-hydrogen) atoms. The van der Waals surface area contributed by atoms with Crippen LogP contribution in [0.2, 0.25) is 0 Å². The molecule has 1 aromatic heterocycles. The molecule has 3 atom stereocenters.